The van der Waals surface area contributed by atoms with E-state index in [9.17, 15) is 13.2 Å². The first-order chi connectivity index (χ1) is 9.12. The third kappa shape index (κ3) is 4.85. The van der Waals surface area contributed by atoms with E-state index in [2.05, 4.69) is 5.32 Å². The lowest BCUT2D eigenvalue weighted by molar-refractivity contribution is -0.121. The lowest BCUT2D eigenvalue weighted by Crippen LogP contribution is -2.43. The zero-order chi connectivity index (χ0) is 15.4. The monoisotopic (exact) mass is 298 g/mol. The number of carbonyl (C=O) groups is 1. The van der Waals surface area contributed by atoms with Gasteiger partial charge in [-0.05, 0) is 38.0 Å². The normalized spacial score (nSPS) is 12.2. The molecule has 0 radical (unpaired) electrons. The van der Waals surface area contributed by atoms with Crippen LogP contribution in [0.5, 0.6) is 0 Å². The minimum Gasteiger partial charge on any atom is -0.399 e. The molecule has 1 aromatic rings. The van der Waals surface area contributed by atoms with Crippen molar-refractivity contribution in [2.45, 2.75) is 31.4 Å². The molecule has 0 unspecified atom stereocenters. The number of nitrogen functional groups attached to an aromatic ring is 1. The number of hydrogen-bond acceptors (Lipinski definition) is 4. The van der Waals surface area contributed by atoms with Gasteiger partial charge in [0.1, 0.15) is 0 Å². The molecular formula is C14H22N2O3S. The Morgan fingerprint density at radius 3 is 2.30 bits per heavy atom. The van der Waals surface area contributed by atoms with E-state index in [-0.39, 0.29) is 12.5 Å². The van der Waals surface area contributed by atoms with Crippen LogP contribution < -0.4 is 11.1 Å². The van der Waals surface area contributed by atoms with Crippen LogP contribution in [0.3, 0.4) is 0 Å². The Morgan fingerprint density at radius 2 is 1.80 bits per heavy atom. The van der Waals surface area contributed by atoms with Crippen LogP contribution >= 0.6 is 0 Å². The molecule has 1 amide bonds. The van der Waals surface area contributed by atoms with Gasteiger partial charge in [-0.15, -0.1) is 0 Å². The van der Waals surface area contributed by atoms with E-state index in [1.165, 1.54) is 6.26 Å². The molecule has 5 nitrogen and oxygen atoms in total. The van der Waals surface area contributed by atoms with Gasteiger partial charge >= 0.3 is 0 Å². The molecule has 0 aliphatic heterocycles. The highest BCUT2D eigenvalue weighted by molar-refractivity contribution is 7.92. The summed E-state index contributed by atoms with van der Waals surface area (Å²) in [7, 11) is -3.20. The minimum absolute atomic E-state index is 0.117. The largest absolute Gasteiger partial charge is 0.399 e. The average molecular weight is 298 g/mol. The van der Waals surface area contributed by atoms with Gasteiger partial charge in [-0.2, -0.15) is 0 Å². The highest BCUT2D eigenvalue weighted by Gasteiger charge is 2.30. The summed E-state index contributed by atoms with van der Waals surface area (Å²) in [5, 5.41) is 2.67. The lowest BCUT2D eigenvalue weighted by atomic mass is 10.1. The van der Waals surface area contributed by atoms with Gasteiger partial charge in [0.05, 0.1) is 4.75 Å². The Kier molecular flexibility index (Phi) is 5.16. The van der Waals surface area contributed by atoms with Crippen LogP contribution in [0, 0.1) is 0 Å². The molecule has 6 heteroatoms. The highest BCUT2D eigenvalue weighted by atomic mass is 32.2. The molecule has 3 N–H and O–H groups in total. The number of aryl methyl sites for hydroxylation is 1. The van der Waals surface area contributed by atoms with E-state index in [1.54, 1.807) is 26.0 Å². The Bertz CT molecular complexity index is 563. The van der Waals surface area contributed by atoms with E-state index in [4.69, 9.17) is 5.73 Å². The van der Waals surface area contributed by atoms with Gasteiger partial charge in [0.2, 0.25) is 5.91 Å². The second kappa shape index (κ2) is 6.26. The standard InChI is InChI=1S/C14H22N2O3S/c1-14(2,20(3,18)19)10-16-13(17)9-6-11-4-7-12(15)8-5-11/h4-5,7-8H,6,9-10,15H2,1-3H3,(H,16,17). The van der Waals surface area contributed by atoms with Crippen LogP contribution in [0.1, 0.15) is 25.8 Å². The van der Waals surface area contributed by atoms with Gasteiger partial charge < -0.3 is 11.1 Å². The minimum atomic E-state index is -3.20. The van der Waals surface area contributed by atoms with Crippen LogP contribution in [0.2, 0.25) is 0 Å². The fraction of sp³-hybridized carbons (Fsp3) is 0.500. The van der Waals surface area contributed by atoms with Crippen molar-refractivity contribution in [3.63, 3.8) is 0 Å². The second-order valence-corrected chi connectivity index (χ2v) is 8.20. The Hall–Kier alpha value is -1.56. The van der Waals surface area contributed by atoms with Gasteiger partial charge in [0.25, 0.3) is 0 Å². The van der Waals surface area contributed by atoms with Crippen molar-refractivity contribution < 1.29 is 13.2 Å². The van der Waals surface area contributed by atoms with Crippen molar-refractivity contribution in [3.8, 4) is 0 Å². The molecule has 0 saturated carbocycles. The Labute approximate surface area is 120 Å². The van der Waals surface area contributed by atoms with Gasteiger partial charge in [-0.25, -0.2) is 8.42 Å². The summed E-state index contributed by atoms with van der Waals surface area (Å²) in [6.45, 7) is 3.32. The summed E-state index contributed by atoms with van der Waals surface area (Å²) in [6, 6.07) is 7.34. The molecule has 0 fully saturated rings. The van der Waals surface area contributed by atoms with Gasteiger partial charge in [0.15, 0.2) is 9.84 Å². The van der Waals surface area contributed by atoms with Crippen LogP contribution in [-0.2, 0) is 21.1 Å². The number of nitrogens with two attached hydrogens (primary N) is 1. The zero-order valence-electron chi connectivity index (χ0n) is 12.1. The van der Waals surface area contributed by atoms with E-state index in [1.807, 2.05) is 12.1 Å². The maximum Gasteiger partial charge on any atom is 0.220 e. The summed E-state index contributed by atoms with van der Waals surface area (Å²) in [4.78, 5) is 11.7. The van der Waals surface area contributed by atoms with E-state index in [0.29, 0.717) is 18.5 Å². The molecular weight excluding hydrogens is 276 g/mol. The number of sulfone groups is 1. The van der Waals surface area contributed by atoms with Crippen molar-refractivity contribution >= 4 is 21.4 Å². The number of benzene rings is 1. The van der Waals surface area contributed by atoms with Crippen LogP contribution in [-0.4, -0.2) is 31.9 Å². The van der Waals surface area contributed by atoms with E-state index < -0.39 is 14.6 Å². The Morgan fingerprint density at radius 1 is 1.25 bits per heavy atom. The molecule has 0 spiro atoms. The zero-order valence-corrected chi connectivity index (χ0v) is 13.0. The average Bonchev–Trinajstić information content (AvgIpc) is 2.34. The summed E-state index contributed by atoms with van der Waals surface area (Å²) in [5.41, 5.74) is 7.30. The van der Waals surface area contributed by atoms with Crippen molar-refractivity contribution in [2.24, 2.45) is 0 Å². The number of anilines is 1. The van der Waals surface area contributed by atoms with Gasteiger partial charge in [0, 0.05) is 24.9 Å². The van der Waals surface area contributed by atoms with E-state index in [0.717, 1.165) is 5.56 Å². The van der Waals surface area contributed by atoms with Crippen molar-refractivity contribution in [1.82, 2.24) is 5.32 Å². The molecule has 0 aliphatic carbocycles. The van der Waals surface area contributed by atoms with Crippen molar-refractivity contribution in [3.05, 3.63) is 29.8 Å². The smallest absolute Gasteiger partial charge is 0.220 e. The van der Waals surface area contributed by atoms with Gasteiger partial charge in [-0.3, -0.25) is 4.79 Å². The lowest BCUT2D eigenvalue weighted by Gasteiger charge is -2.22. The second-order valence-electron chi connectivity index (χ2n) is 5.55. The molecule has 0 aliphatic rings. The molecule has 20 heavy (non-hydrogen) atoms. The highest BCUT2D eigenvalue weighted by Crippen LogP contribution is 2.13. The summed E-state index contributed by atoms with van der Waals surface area (Å²) >= 11 is 0. The number of rotatable bonds is 6. The van der Waals surface area contributed by atoms with Crippen molar-refractivity contribution in [1.29, 1.82) is 0 Å². The number of amides is 1. The number of hydrogen-bond donors (Lipinski definition) is 2. The van der Waals surface area contributed by atoms with Crippen LogP contribution in [0.25, 0.3) is 0 Å². The van der Waals surface area contributed by atoms with E-state index >= 15 is 0 Å². The fourth-order valence-corrected chi connectivity index (χ4v) is 1.81. The molecule has 0 heterocycles. The SMILES string of the molecule is CC(C)(CNC(=O)CCc1ccc(N)cc1)S(C)(=O)=O. The molecule has 112 valence electrons. The quantitative estimate of drug-likeness (QED) is 0.771. The first-order valence-electron chi connectivity index (χ1n) is 6.42. The summed E-state index contributed by atoms with van der Waals surface area (Å²) in [6.07, 6.45) is 2.10. The maximum absolute atomic E-state index is 11.7. The van der Waals surface area contributed by atoms with Crippen LogP contribution in [0.15, 0.2) is 24.3 Å². The predicted molar refractivity (Wildman–Crippen MR) is 81.1 cm³/mol. The molecule has 0 aromatic heterocycles. The molecule has 0 saturated heterocycles. The topological polar surface area (TPSA) is 89.3 Å². The summed E-state index contributed by atoms with van der Waals surface area (Å²) < 4.78 is 22.1. The predicted octanol–water partition coefficient (Wildman–Crippen LogP) is 1.14. The molecule has 0 atom stereocenters. The number of nitrogens with one attached hydrogen (secondary N) is 1. The molecule has 1 rings (SSSR count). The third-order valence-electron chi connectivity index (χ3n) is 3.34. The van der Waals surface area contributed by atoms with Gasteiger partial charge in [-0.1, -0.05) is 12.1 Å². The number of carbonyl (C=O) groups excluding carboxylic acids is 1. The molecule has 1 aromatic carbocycles. The maximum atomic E-state index is 11.7. The van der Waals surface area contributed by atoms with Crippen molar-refractivity contribution in [2.75, 3.05) is 18.5 Å². The molecule has 0 bridgehead atoms. The van der Waals surface area contributed by atoms with Crippen LogP contribution in [0.4, 0.5) is 5.69 Å². The first-order valence-corrected chi connectivity index (χ1v) is 8.32. The summed E-state index contributed by atoms with van der Waals surface area (Å²) in [5.74, 6) is -0.154. The Balaban J connectivity index is 2.43. The fourth-order valence-electron chi connectivity index (χ4n) is 1.47. The third-order valence-corrected chi connectivity index (χ3v) is 5.49. The first kappa shape index (κ1) is 16.5.